The summed E-state index contributed by atoms with van der Waals surface area (Å²) >= 11 is 0. The highest BCUT2D eigenvalue weighted by Gasteiger charge is 2.09. The molecule has 0 saturated heterocycles. The van der Waals surface area contributed by atoms with Gasteiger partial charge in [0.05, 0.1) is 28.7 Å². The van der Waals surface area contributed by atoms with Gasteiger partial charge in [-0.05, 0) is 26.1 Å². The van der Waals surface area contributed by atoms with Gasteiger partial charge in [-0.15, -0.1) is 0 Å². The van der Waals surface area contributed by atoms with Gasteiger partial charge in [-0.2, -0.15) is 0 Å². The first-order valence-electron chi connectivity index (χ1n) is 5.91. The van der Waals surface area contributed by atoms with Gasteiger partial charge in [-0.25, -0.2) is 9.97 Å². The first-order chi connectivity index (χ1) is 8.78. The van der Waals surface area contributed by atoms with Gasteiger partial charge in [0.15, 0.2) is 0 Å². The molecule has 3 N–H and O–H groups in total. The van der Waals surface area contributed by atoms with Gasteiger partial charge in [-0.1, -0.05) is 6.07 Å². The minimum Gasteiger partial charge on any atom is -0.347 e. The Morgan fingerprint density at radius 3 is 3.06 bits per heavy atom. The van der Waals surface area contributed by atoms with Crippen LogP contribution in [0.4, 0.5) is 0 Å². The van der Waals surface area contributed by atoms with Crippen LogP contribution in [0.5, 0.6) is 0 Å². The van der Waals surface area contributed by atoms with E-state index >= 15 is 0 Å². The molecule has 0 saturated carbocycles. The SMILES string of the molecule is CNCc1[nH]cnc1-c1ccc2nc(C)[nH]c2c1. The van der Waals surface area contributed by atoms with E-state index in [0.29, 0.717) is 0 Å². The predicted octanol–water partition coefficient (Wildman–Crippen LogP) is 1.98. The van der Waals surface area contributed by atoms with Crippen molar-refractivity contribution >= 4 is 11.0 Å². The van der Waals surface area contributed by atoms with Gasteiger partial charge in [-0.3, -0.25) is 0 Å². The highest BCUT2D eigenvalue weighted by atomic mass is 14.9. The fourth-order valence-electron chi connectivity index (χ4n) is 2.17. The predicted molar refractivity (Wildman–Crippen MR) is 71.2 cm³/mol. The molecule has 0 spiro atoms. The summed E-state index contributed by atoms with van der Waals surface area (Å²) in [5.41, 5.74) is 5.20. The van der Waals surface area contributed by atoms with Crippen molar-refractivity contribution in [1.29, 1.82) is 0 Å². The van der Waals surface area contributed by atoms with E-state index in [9.17, 15) is 0 Å². The number of aromatic nitrogens is 4. The number of nitrogens with zero attached hydrogens (tertiary/aromatic N) is 2. The van der Waals surface area contributed by atoms with Crippen LogP contribution in [-0.2, 0) is 6.54 Å². The molecule has 0 aliphatic rings. The van der Waals surface area contributed by atoms with Crippen LogP contribution in [0, 0.1) is 6.92 Å². The van der Waals surface area contributed by atoms with Crippen molar-refractivity contribution in [1.82, 2.24) is 25.3 Å². The topological polar surface area (TPSA) is 69.4 Å². The Hall–Kier alpha value is -2.14. The van der Waals surface area contributed by atoms with Crippen LogP contribution >= 0.6 is 0 Å². The van der Waals surface area contributed by atoms with Crippen LogP contribution in [0.15, 0.2) is 24.5 Å². The Morgan fingerprint density at radius 2 is 2.22 bits per heavy atom. The fourth-order valence-corrected chi connectivity index (χ4v) is 2.17. The maximum Gasteiger partial charge on any atom is 0.104 e. The molecular weight excluding hydrogens is 226 g/mol. The lowest BCUT2D eigenvalue weighted by atomic mass is 10.1. The van der Waals surface area contributed by atoms with Crippen molar-refractivity contribution < 1.29 is 0 Å². The smallest absolute Gasteiger partial charge is 0.104 e. The molecule has 0 aliphatic carbocycles. The zero-order valence-corrected chi connectivity index (χ0v) is 10.4. The summed E-state index contributed by atoms with van der Waals surface area (Å²) in [4.78, 5) is 15.2. The van der Waals surface area contributed by atoms with E-state index in [-0.39, 0.29) is 0 Å². The van der Waals surface area contributed by atoms with Crippen molar-refractivity contribution in [2.75, 3.05) is 7.05 Å². The van der Waals surface area contributed by atoms with Crippen LogP contribution in [0.1, 0.15) is 11.5 Å². The number of rotatable bonds is 3. The van der Waals surface area contributed by atoms with Gasteiger partial charge in [0.2, 0.25) is 0 Å². The van der Waals surface area contributed by atoms with Crippen molar-refractivity contribution in [2.45, 2.75) is 13.5 Å². The first-order valence-corrected chi connectivity index (χ1v) is 5.91. The van der Waals surface area contributed by atoms with E-state index in [2.05, 4.69) is 37.4 Å². The lowest BCUT2D eigenvalue weighted by Gasteiger charge is -2.02. The Morgan fingerprint density at radius 1 is 1.33 bits per heavy atom. The summed E-state index contributed by atoms with van der Waals surface area (Å²) < 4.78 is 0. The van der Waals surface area contributed by atoms with E-state index in [4.69, 9.17) is 0 Å². The zero-order chi connectivity index (χ0) is 12.5. The molecule has 0 radical (unpaired) electrons. The normalized spacial score (nSPS) is 11.2. The Balaban J connectivity index is 2.10. The molecule has 0 unspecified atom stereocenters. The zero-order valence-electron chi connectivity index (χ0n) is 10.4. The number of H-pyrrole nitrogens is 2. The van der Waals surface area contributed by atoms with Gasteiger partial charge < -0.3 is 15.3 Å². The minimum absolute atomic E-state index is 0.773. The second-order valence-electron chi connectivity index (χ2n) is 4.31. The highest BCUT2D eigenvalue weighted by molar-refractivity contribution is 5.81. The summed E-state index contributed by atoms with van der Waals surface area (Å²) in [5, 5.41) is 3.13. The van der Waals surface area contributed by atoms with Crippen LogP contribution < -0.4 is 5.32 Å². The number of hydrogen-bond donors (Lipinski definition) is 3. The standard InChI is InChI=1S/C13H15N5/c1-8-17-10-4-3-9(5-11(10)18-8)13-12(6-14-2)15-7-16-13/h3-5,7,14H,6H2,1-2H3,(H,15,16)(H,17,18). The number of hydrogen-bond acceptors (Lipinski definition) is 3. The van der Waals surface area contributed by atoms with Gasteiger partial charge in [0.25, 0.3) is 0 Å². The molecule has 92 valence electrons. The Kier molecular flexibility index (Phi) is 2.60. The third-order valence-corrected chi connectivity index (χ3v) is 2.95. The number of fused-ring (bicyclic) bond motifs is 1. The molecule has 5 heteroatoms. The fraction of sp³-hybridized carbons (Fsp3) is 0.231. The first kappa shape index (κ1) is 11.0. The molecule has 3 rings (SSSR count). The van der Waals surface area contributed by atoms with Crippen molar-refractivity contribution in [3.05, 3.63) is 36.0 Å². The van der Waals surface area contributed by atoms with E-state index in [0.717, 1.165) is 40.4 Å². The molecule has 0 fully saturated rings. The second kappa shape index (κ2) is 4.27. The Labute approximate surface area is 105 Å². The van der Waals surface area contributed by atoms with E-state index in [1.165, 1.54) is 0 Å². The number of aromatic amines is 2. The number of imidazole rings is 2. The molecule has 5 nitrogen and oxygen atoms in total. The van der Waals surface area contributed by atoms with Crippen molar-refractivity contribution in [3.63, 3.8) is 0 Å². The van der Waals surface area contributed by atoms with Crippen molar-refractivity contribution in [3.8, 4) is 11.3 Å². The molecule has 18 heavy (non-hydrogen) atoms. The third-order valence-electron chi connectivity index (χ3n) is 2.95. The molecule has 3 aromatic rings. The highest BCUT2D eigenvalue weighted by Crippen LogP contribution is 2.24. The molecule has 2 heterocycles. The molecule has 0 aliphatic heterocycles. The molecule has 2 aromatic heterocycles. The van der Waals surface area contributed by atoms with Gasteiger partial charge in [0.1, 0.15) is 5.82 Å². The third kappa shape index (κ3) is 1.78. The summed E-state index contributed by atoms with van der Waals surface area (Å²) in [6.45, 7) is 2.73. The lowest BCUT2D eigenvalue weighted by Crippen LogP contribution is -2.06. The summed E-state index contributed by atoms with van der Waals surface area (Å²) in [5.74, 6) is 0.930. The van der Waals surface area contributed by atoms with Gasteiger partial charge >= 0.3 is 0 Å². The molecular formula is C13H15N5. The average molecular weight is 241 g/mol. The lowest BCUT2D eigenvalue weighted by molar-refractivity contribution is 0.799. The number of nitrogens with one attached hydrogen (secondary N) is 3. The van der Waals surface area contributed by atoms with Crippen LogP contribution in [-0.4, -0.2) is 27.0 Å². The quantitative estimate of drug-likeness (QED) is 0.656. The summed E-state index contributed by atoms with van der Waals surface area (Å²) in [7, 11) is 1.92. The van der Waals surface area contributed by atoms with E-state index in [1.54, 1.807) is 6.33 Å². The van der Waals surface area contributed by atoms with E-state index < -0.39 is 0 Å². The second-order valence-corrected chi connectivity index (χ2v) is 4.31. The molecule has 1 aromatic carbocycles. The number of benzene rings is 1. The Bertz CT molecular complexity index is 680. The molecule has 0 amide bonds. The maximum atomic E-state index is 4.40. The number of aryl methyl sites for hydroxylation is 1. The molecule has 0 bridgehead atoms. The van der Waals surface area contributed by atoms with Crippen LogP contribution in [0.2, 0.25) is 0 Å². The summed E-state index contributed by atoms with van der Waals surface area (Å²) in [6.07, 6.45) is 1.73. The van der Waals surface area contributed by atoms with Crippen molar-refractivity contribution in [2.24, 2.45) is 0 Å². The summed E-state index contributed by atoms with van der Waals surface area (Å²) in [6, 6.07) is 6.16. The minimum atomic E-state index is 0.773. The average Bonchev–Trinajstić information content (AvgIpc) is 2.93. The van der Waals surface area contributed by atoms with Crippen LogP contribution in [0.3, 0.4) is 0 Å². The monoisotopic (exact) mass is 241 g/mol. The molecule has 0 atom stereocenters. The maximum absolute atomic E-state index is 4.40. The van der Waals surface area contributed by atoms with Crippen LogP contribution in [0.25, 0.3) is 22.3 Å². The van der Waals surface area contributed by atoms with Gasteiger partial charge in [0, 0.05) is 12.1 Å². The van der Waals surface area contributed by atoms with E-state index in [1.807, 2.05) is 20.0 Å². The largest absolute Gasteiger partial charge is 0.347 e.